The molecule has 2 amide bonds. The van der Waals surface area contributed by atoms with Crippen molar-refractivity contribution in [2.45, 2.75) is 12.8 Å². The molecule has 3 aromatic rings. The molecule has 0 aromatic heterocycles. The molecule has 8 nitrogen and oxygen atoms in total. The number of carbonyl (C=O) groups excluding carboxylic acids is 2. The fraction of sp³-hybridized carbons (Fsp3) is 0.321. The number of benzene rings is 3. The number of hydrogen-bond donors (Lipinski definition) is 1. The molecule has 0 saturated carbocycles. The molecule has 4 rings (SSSR count). The quantitative estimate of drug-likeness (QED) is 0.488. The zero-order valence-electron chi connectivity index (χ0n) is 20.7. The summed E-state index contributed by atoms with van der Waals surface area (Å²) < 4.78 is 16.4. The van der Waals surface area contributed by atoms with Crippen LogP contribution < -0.4 is 19.5 Å². The number of likely N-dealkylation sites (tertiary alicyclic amines) is 1. The van der Waals surface area contributed by atoms with E-state index in [0.717, 1.165) is 27.5 Å². The zero-order valence-corrected chi connectivity index (χ0v) is 20.7. The molecular formula is C28H29N3O5. The Morgan fingerprint density at radius 3 is 2.33 bits per heavy atom. The molecule has 1 aliphatic heterocycles. The third-order valence-corrected chi connectivity index (χ3v) is 6.51. The second-order valence-electron chi connectivity index (χ2n) is 8.69. The van der Waals surface area contributed by atoms with Crippen molar-refractivity contribution in [1.29, 1.82) is 5.26 Å². The first kappa shape index (κ1) is 24.9. The molecule has 1 fully saturated rings. The number of amides is 2. The van der Waals surface area contributed by atoms with Crippen LogP contribution in [0.3, 0.4) is 0 Å². The van der Waals surface area contributed by atoms with E-state index >= 15 is 0 Å². The molecule has 1 atom stereocenters. The average Bonchev–Trinajstić information content (AvgIpc) is 3.41. The van der Waals surface area contributed by atoms with Gasteiger partial charge in [0.25, 0.3) is 0 Å². The van der Waals surface area contributed by atoms with Crippen molar-refractivity contribution in [2.24, 2.45) is 5.92 Å². The lowest BCUT2D eigenvalue weighted by molar-refractivity contribution is -0.130. The second kappa shape index (κ2) is 11.0. The van der Waals surface area contributed by atoms with Crippen LogP contribution in [-0.4, -0.2) is 57.7 Å². The Labute approximate surface area is 210 Å². The normalized spacial score (nSPS) is 14.8. The molecule has 3 aromatic carbocycles. The van der Waals surface area contributed by atoms with Gasteiger partial charge in [0.05, 0.1) is 39.7 Å². The van der Waals surface area contributed by atoms with Crippen molar-refractivity contribution in [3.05, 3.63) is 54.1 Å². The largest absolute Gasteiger partial charge is 0.493 e. The maximum absolute atomic E-state index is 12.9. The van der Waals surface area contributed by atoms with Crippen molar-refractivity contribution in [3.63, 3.8) is 0 Å². The van der Waals surface area contributed by atoms with E-state index in [2.05, 4.69) is 11.4 Å². The monoisotopic (exact) mass is 487 g/mol. The summed E-state index contributed by atoms with van der Waals surface area (Å²) >= 11 is 0. The SMILES string of the molecule is COc1cc(-c2ccc3cc(CC(=O)N4CC[C@@H](C(=O)NCC#N)C4)ccc3c2)cc(OC)c1OC. The minimum atomic E-state index is -0.257. The second-order valence-corrected chi connectivity index (χ2v) is 8.69. The van der Waals surface area contributed by atoms with Gasteiger partial charge in [-0.3, -0.25) is 9.59 Å². The molecule has 0 radical (unpaired) electrons. The predicted molar refractivity (Wildman–Crippen MR) is 136 cm³/mol. The van der Waals surface area contributed by atoms with Crippen LogP contribution in [0.15, 0.2) is 48.5 Å². The Morgan fingerprint density at radius 1 is 0.972 bits per heavy atom. The molecule has 1 aliphatic rings. The van der Waals surface area contributed by atoms with Crippen molar-refractivity contribution >= 4 is 22.6 Å². The molecule has 1 heterocycles. The summed E-state index contributed by atoms with van der Waals surface area (Å²) in [4.78, 5) is 26.7. The fourth-order valence-corrected chi connectivity index (χ4v) is 4.59. The van der Waals surface area contributed by atoms with Gasteiger partial charge in [0.2, 0.25) is 17.6 Å². The number of nitriles is 1. The average molecular weight is 488 g/mol. The fourth-order valence-electron chi connectivity index (χ4n) is 4.59. The Hall–Kier alpha value is -4.25. The Morgan fingerprint density at radius 2 is 1.67 bits per heavy atom. The zero-order chi connectivity index (χ0) is 25.7. The van der Waals surface area contributed by atoms with E-state index in [1.165, 1.54) is 0 Å². The maximum Gasteiger partial charge on any atom is 0.227 e. The summed E-state index contributed by atoms with van der Waals surface area (Å²) in [6.45, 7) is 0.929. The number of ether oxygens (including phenoxy) is 3. The number of hydrogen-bond acceptors (Lipinski definition) is 6. The van der Waals surface area contributed by atoms with Gasteiger partial charge in [-0.2, -0.15) is 5.26 Å². The van der Waals surface area contributed by atoms with E-state index in [-0.39, 0.29) is 30.7 Å². The van der Waals surface area contributed by atoms with Gasteiger partial charge in [0.15, 0.2) is 11.5 Å². The lowest BCUT2D eigenvalue weighted by atomic mass is 9.98. The highest BCUT2D eigenvalue weighted by Gasteiger charge is 2.30. The van der Waals surface area contributed by atoms with Crippen LogP contribution in [0.5, 0.6) is 17.2 Å². The molecule has 0 unspecified atom stereocenters. The Kier molecular flexibility index (Phi) is 7.59. The highest BCUT2D eigenvalue weighted by Crippen LogP contribution is 2.41. The summed E-state index contributed by atoms with van der Waals surface area (Å²) in [5, 5.41) is 13.3. The molecule has 0 bridgehead atoms. The minimum absolute atomic E-state index is 0.000948. The van der Waals surface area contributed by atoms with Gasteiger partial charge in [-0.25, -0.2) is 0 Å². The minimum Gasteiger partial charge on any atom is -0.493 e. The summed E-state index contributed by atoms with van der Waals surface area (Å²) in [6.07, 6.45) is 0.890. The highest BCUT2D eigenvalue weighted by atomic mass is 16.5. The van der Waals surface area contributed by atoms with Crippen molar-refractivity contribution in [3.8, 4) is 34.4 Å². The number of fused-ring (bicyclic) bond motifs is 1. The van der Waals surface area contributed by atoms with E-state index < -0.39 is 0 Å². The van der Waals surface area contributed by atoms with E-state index in [4.69, 9.17) is 19.5 Å². The molecule has 1 N–H and O–H groups in total. The summed E-state index contributed by atoms with van der Waals surface area (Å²) in [5.41, 5.74) is 2.86. The first-order valence-electron chi connectivity index (χ1n) is 11.7. The van der Waals surface area contributed by atoms with Crippen LogP contribution in [0.25, 0.3) is 21.9 Å². The third-order valence-electron chi connectivity index (χ3n) is 6.51. The van der Waals surface area contributed by atoms with Gasteiger partial charge in [-0.1, -0.05) is 30.3 Å². The lowest BCUT2D eigenvalue weighted by Gasteiger charge is -2.17. The first-order valence-corrected chi connectivity index (χ1v) is 11.7. The third kappa shape index (κ3) is 5.20. The summed E-state index contributed by atoms with van der Waals surface area (Å²) in [6, 6.07) is 17.9. The number of nitrogens with zero attached hydrogens (tertiary/aromatic N) is 2. The van der Waals surface area contributed by atoms with Crippen LogP contribution in [-0.2, 0) is 16.0 Å². The standard InChI is InChI=1S/C28H29N3O5/c1-34-24-15-23(16-25(35-2)27(24)36-3)21-7-6-19-12-18(4-5-20(19)14-21)13-26(32)31-11-8-22(17-31)28(33)30-10-9-29/h4-7,12,14-16,22H,8,10-11,13,17H2,1-3H3,(H,30,33)/t22-/m1/s1. The van der Waals surface area contributed by atoms with Gasteiger partial charge >= 0.3 is 0 Å². The van der Waals surface area contributed by atoms with Crippen molar-refractivity contribution < 1.29 is 23.8 Å². The molecule has 0 aliphatic carbocycles. The molecular weight excluding hydrogens is 458 g/mol. The summed E-state index contributed by atoms with van der Waals surface area (Å²) in [7, 11) is 4.76. The van der Waals surface area contributed by atoms with Crippen LogP contribution in [0, 0.1) is 17.2 Å². The number of rotatable bonds is 8. The molecule has 8 heteroatoms. The predicted octanol–water partition coefficient (Wildman–Crippen LogP) is 3.56. The number of nitrogens with one attached hydrogen (secondary N) is 1. The first-order chi connectivity index (χ1) is 17.5. The van der Waals surface area contributed by atoms with Gasteiger partial charge in [-0.15, -0.1) is 0 Å². The van der Waals surface area contributed by atoms with Crippen LogP contribution in [0.4, 0.5) is 0 Å². The van der Waals surface area contributed by atoms with Crippen LogP contribution in [0.2, 0.25) is 0 Å². The summed E-state index contributed by atoms with van der Waals surface area (Å²) in [5.74, 6) is 1.30. The van der Waals surface area contributed by atoms with E-state index in [9.17, 15) is 9.59 Å². The Balaban J connectivity index is 1.49. The molecule has 186 valence electrons. The van der Waals surface area contributed by atoms with E-state index in [1.54, 1.807) is 26.2 Å². The molecule has 0 spiro atoms. The highest BCUT2D eigenvalue weighted by molar-refractivity contribution is 5.90. The van der Waals surface area contributed by atoms with Crippen LogP contribution >= 0.6 is 0 Å². The van der Waals surface area contributed by atoms with Crippen molar-refractivity contribution in [1.82, 2.24) is 10.2 Å². The van der Waals surface area contributed by atoms with Gasteiger partial charge < -0.3 is 24.4 Å². The topological polar surface area (TPSA) is 101 Å². The number of methoxy groups -OCH3 is 3. The van der Waals surface area contributed by atoms with Gasteiger partial charge in [0, 0.05) is 13.1 Å². The maximum atomic E-state index is 12.9. The van der Waals surface area contributed by atoms with Crippen molar-refractivity contribution in [2.75, 3.05) is 41.0 Å². The Bertz CT molecular complexity index is 1310. The number of carbonyl (C=O) groups is 2. The molecule has 1 saturated heterocycles. The van der Waals surface area contributed by atoms with Crippen LogP contribution in [0.1, 0.15) is 12.0 Å². The van der Waals surface area contributed by atoms with E-state index in [1.807, 2.05) is 48.5 Å². The lowest BCUT2D eigenvalue weighted by Crippen LogP contribution is -2.35. The molecule has 36 heavy (non-hydrogen) atoms. The van der Waals surface area contributed by atoms with E-state index in [0.29, 0.717) is 36.8 Å². The smallest absolute Gasteiger partial charge is 0.227 e. The van der Waals surface area contributed by atoms with Gasteiger partial charge in [0.1, 0.15) is 6.54 Å². The van der Waals surface area contributed by atoms with Gasteiger partial charge in [-0.05, 0) is 52.1 Å².